The molecule has 2 aromatic carbocycles. The second-order valence-electron chi connectivity index (χ2n) is 7.81. The minimum atomic E-state index is -0.258. The normalized spacial score (nSPS) is 11.9. The summed E-state index contributed by atoms with van der Waals surface area (Å²) in [5.41, 5.74) is 4.25. The van der Waals surface area contributed by atoms with Crippen LogP contribution in [-0.2, 0) is 5.41 Å². The van der Waals surface area contributed by atoms with E-state index >= 15 is 0 Å². The van der Waals surface area contributed by atoms with E-state index in [0.29, 0.717) is 19.8 Å². The zero-order chi connectivity index (χ0) is 19.6. The van der Waals surface area contributed by atoms with Gasteiger partial charge in [-0.1, -0.05) is 77.9 Å². The van der Waals surface area contributed by atoms with Crippen LogP contribution in [0.2, 0.25) is 0 Å². The quantitative estimate of drug-likeness (QED) is 0.475. The number of rotatable bonds is 4. The Balaban J connectivity index is 1.91. The van der Waals surface area contributed by atoms with Crippen LogP contribution in [0, 0.1) is 12.7 Å². The number of benzene rings is 2. The second kappa shape index (κ2) is 7.74. The fraction of sp³-hybridized carbons (Fsp3) is 0.208. The molecule has 3 aromatic rings. The third kappa shape index (κ3) is 4.51. The van der Waals surface area contributed by atoms with Crippen molar-refractivity contribution in [3.63, 3.8) is 0 Å². The predicted molar refractivity (Wildman–Crippen MR) is 116 cm³/mol. The first-order valence-electron chi connectivity index (χ1n) is 9.04. The molecular weight excluding hydrogens is 352 g/mol. The monoisotopic (exact) mass is 377 g/mol. The molecule has 0 bridgehead atoms. The van der Waals surface area contributed by atoms with Crippen molar-refractivity contribution in [1.82, 2.24) is 4.98 Å². The van der Waals surface area contributed by atoms with Gasteiger partial charge in [0, 0.05) is 11.8 Å². The number of hydrogen-bond donors (Lipinski definition) is 0. The Labute approximate surface area is 163 Å². The molecule has 1 aromatic heterocycles. The lowest BCUT2D eigenvalue weighted by atomic mass is 9.84. The van der Waals surface area contributed by atoms with Crippen molar-refractivity contribution in [1.29, 1.82) is 0 Å². The molecule has 1 nitrogen and oxygen atoms in total. The van der Waals surface area contributed by atoms with Gasteiger partial charge in [0.05, 0.1) is 5.69 Å². The first-order valence-corrected chi connectivity index (χ1v) is 10.0. The van der Waals surface area contributed by atoms with Gasteiger partial charge in [-0.05, 0) is 52.3 Å². The standard InChI is InChI=1S/C24H25FNP/c1-16-8-11-19(12-9-16)27-17(2)18-10-13-20(22(25)15-18)23-21(24(3,4)5)7-6-14-26-23/h6-15,27H,2H2,1,3-5H3. The third-order valence-corrected chi connectivity index (χ3v) is 5.75. The highest BCUT2D eigenvalue weighted by atomic mass is 31.1. The topological polar surface area (TPSA) is 12.9 Å². The van der Waals surface area contributed by atoms with Crippen molar-refractivity contribution in [3.05, 3.63) is 89.9 Å². The molecule has 3 rings (SSSR count). The summed E-state index contributed by atoms with van der Waals surface area (Å²) < 4.78 is 15.0. The van der Waals surface area contributed by atoms with E-state index < -0.39 is 0 Å². The van der Waals surface area contributed by atoms with E-state index in [1.165, 1.54) is 10.9 Å². The number of pyridine rings is 1. The molecule has 1 unspecified atom stereocenters. The molecule has 0 aliphatic carbocycles. The van der Waals surface area contributed by atoms with Crippen molar-refractivity contribution in [2.75, 3.05) is 0 Å². The first kappa shape index (κ1) is 19.5. The number of hydrogen-bond acceptors (Lipinski definition) is 1. The molecule has 138 valence electrons. The van der Waals surface area contributed by atoms with E-state index in [1.807, 2.05) is 24.3 Å². The first-order chi connectivity index (χ1) is 12.8. The highest BCUT2D eigenvalue weighted by molar-refractivity contribution is 7.58. The Morgan fingerprint density at radius 2 is 1.74 bits per heavy atom. The summed E-state index contributed by atoms with van der Waals surface area (Å²) in [5, 5.41) is 2.14. The third-order valence-electron chi connectivity index (χ3n) is 4.54. The zero-order valence-corrected chi connectivity index (χ0v) is 17.3. The van der Waals surface area contributed by atoms with E-state index in [-0.39, 0.29) is 11.2 Å². The van der Waals surface area contributed by atoms with Crippen LogP contribution < -0.4 is 5.30 Å². The van der Waals surface area contributed by atoms with Gasteiger partial charge in [-0.2, -0.15) is 0 Å². The van der Waals surface area contributed by atoms with Crippen LogP contribution in [0.3, 0.4) is 0 Å². The predicted octanol–water partition coefficient (Wildman–Crippen LogP) is 6.47. The minimum Gasteiger partial charge on any atom is -0.256 e. The highest BCUT2D eigenvalue weighted by Gasteiger charge is 2.21. The van der Waals surface area contributed by atoms with Crippen LogP contribution >= 0.6 is 8.58 Å². The van der Waals surface area contributed by atoms with Crippen molar-refractivity contribution < 1.29 is 4.39 Å². The molecule has 0 radical (unpaired) electrons. The van der Waals surface area contributed by atoms with Gasteiger partial charge < -0.3 is 0 Å². The van der Waals surface area contributed by atoms with Crippen LogP contribution in [0.4, 0.5) is 4.39 Å². The van der Waals surface area contributed by atoms with Gasteiger partial charge in [-0.15, -0.1) is 0 Å². The van der Waals surface area contributed by atoms with E-state index in [2.05, 4.69) is 63.5 Å². The van der Waals surface area contributed by atoms with Gasteiger partial charge in [-0.25, -0.2) is 4.39 Å². The van der Waals surface area contributed by atoms with Crippen LogP contribution in [0.15, 0.2) is 67.4 Å². The van der Waals surface area contributed by atoms with Gasteiger partial charge in [0.15, 0.2) is 0 Å². The molecule has 0 saturated heterocycles. The number of aryl methyl sites for hydroxylation is 1. The molecule has 0 amide bonds. The highest BCUT2D eigenvalue weighted by Crippen LogP contribution is 2.36. The van der Waals surface area contributed by atoms with Gasteiger partial charge in [0.25, 0.3) is 0 Å². The van der Waals surface area contributed by atoms with Gasteiger partial charge >= 0.3 is 0 Å². The van der Waals surface area contributed by atoms with E-state index in [9.17, 15) is 4.39 Å². The SMILES string of the molecule is C=C(Pc1ccc(C)cc1)c1ccc(-c2ncccc2C(C)(C)C)c(F)c1. The summed E-state index contributed by atoms with van der Waals surface area (Å²) in [7, 11) is 0.424. The lowest BCUT2D eigenvalue weighted by Crippen LogP contribution is -2.13. The maximum absolute atomic E-state index is 15.0. The van der Waals surface area contributed by atoms with Crippen LogP contribution in [0.5, 0.6) is 0 Å². The van der Waals surface area contributed by atoms with E-state index in [0.717, 1.165) is 16.4 Å². The summed E-state index contributed by atoms with van der Waals surface area (Å²) in [6.45, 7) is 12.6. The summed E-state index contributed by atoms with van der Waals surface area (Å²) in [6, 6.07) is 17.7. The molecule has 0 spiro atoms. The number of halogens is 1. The van der Waals surface area contributed by atoms with Gasteiger partial charge in [0.2, 0.25) is 0 Å². The Bertz CT molecular complexity index is 968. The molecule has 1 atom stereocenters. The van der Waals surface area contributed by atoms with Gasteiger partial charge in [-0.3, -0.25) is 4.98 Å². The number of nitrogens with zero attached hydrogens (tertiary/aromatic N) is 1. The maximum Gasteiger partial charge on any atom is 0.133 e. The molecule has 0 aliphatic heterocycles. The lowest BCUT2D eigenvalue weighted by Gasteiger charge is -2.22. The summed E-state index contributed by atoms with van der Waals surface area (Å²) >= 11 is 0. The fourth-order valence-electron chi connectivity index (χ4n) is 3.00. The van der Waals surface area contributed by atoms with Gasteiger partial charge in [0.1, 0.15) is 5.82 Å². The Hall–Kier alpha value is -2.31. The molecule has 0 aliphatic rings. The summed E-state index contributed by atoms with van der Waals surface area (Å²) in [6.07, 6.45) is 1.72. The van der Waals surface area contributed by atoms with E-state index in [4.69, 9.17) is 0 Å². The minimum absolute atomic E-state index is 0.106. The smallest absolute Gasteiger partial charge is 0.133 e. The molecular formula is C24H25FNP. The average molecular weight is 377 g/mol. The fourth-order valence-corrected chi connectivity index (χ4v) is 3.98. The zero-order valence-electron chi connectivity index (χ0n) is 16.3. The average Bonchev–Trinajstić information content (AvgIpc) is 2.63. The summed E-state index contributed by atoms with van der Waals surface area (Å²) in [4.78, 5) is 4.47. The second-order valence-corrected chi connectivity index (χ2v) is 9.24. The molecule has 1 heterocycles. The Morgan fingerprint density at radius 1 is 1.04 bits per heavy atom. The van der Waals surface area contributed by atoms with Crippen LogP contribution in [0.25, 0.3) is 16.6 Å². The molecule has 27 heavy (non-hydrogen) atoms. The van der Waals surface area contributed by atoms with Crippen LogP contribution in [-0.4, -0.2) is 4.98 Å². The molecule has 3 heteroatoms. The summed E-state index contributed by atoms with van der Waals surface area (Å²) in [5.74, 6) is -0.258. The molecule has 0 saturated carbocycles. The van der Waals surface area contributed by atoms with Crippen molar-refractivity contribution in [2.45, 2.75) is 33.1 Å². The van der Waals surface area contributed by atoms with Crippen LogP contribution in [0.1, 0.15) is 37.5 Å². The largest absolute Gasteiger partial charge is 0.256 e. The lowest BCUT2D eigenvalue weighted by molar-refractivity contribution is 0.587. The Morgan fingerprint density at radius 3 is 2.37 bits per heavy atom. The molecule has 0 fully saturated rings. The van der Waals surface area contributed by atoms with E-state index in [1.54, 1.807) is 12.3 Å². The Kier molecular flexibility index (Phi) is 5.58. The maximum atomic E-state index is 15.0. The van der Waals surface area contributed by atoms with Crippen molar-refractivity contribution in [3.8, 4) is 11.3 Å². The van der Waals surface area contributed by atoms with Crippen molar-refractivity contribution >= 4 is 19.2 Å². The van der Waals surface area contributed by atoms with Crippen molar-refractivity contribution in [2.24, 2.45) is 0 Å². The molecule has 0 N–H and O–H groups in total. The number of aromatic nitrogens is 1.